The van der Waals surface area contributed by atoms with Crippen molar-refractivity contribution < 1.29 is 9.59 Å². The summed E-state index contributed by atoms with van der Waals surface area (Å²) >= 11 is 1.50. The zero-order valence-corrected chi connectivity index (χ0v) is 13.2. The van der Waals surface area contributed by atoms with Crippen LogP contribution in [-0.2, 0) is 4.79 Å². The lowest BCUT2D eigenvalue weighted by Gasteiger charge is -2.39. The molecule has 2 rings (SSSR count). The minimum Gasteiger partial charge on any atom is -0.342 e. The molecule has 110 valence electrons. The van der Waals surface area contributed by atoms with Gasteiger partial charge in [0.1, 0.15) is 6.04 Å². The van der Waals surface area contributed by atoms with Gasteiger partial charge in [0.25, 0.3) is 5.91 Å². The first-order valence-corrected chi connectivity index (χ1v) is 7.98. The van der Waals surface area contributed by atoms with Crippen molar-refractivity contribution in [2.24, 2.45) is 0 Å². The molecule has 0 aliphatic carbocycles. The lowest BCUT2D eigenvalue weighted by molar-refractivity contribution is -0.138. The molecule has 1 fully saturated rings. The summed E-state index contributed by atoms with van der Waals surface area (Å²) in [5.41, 5.74) is 0. The molecule has 2 amide bonds. The van der Waals surface area contributed by atoms with E-state index in [9.17, 15) is 9.59 Å². The molecule has 0 unspecified atom stereocenters. The second-order valence-corrected chi connectivity index (χ2v) is 6.61. The van der Waals surface area contributed by atoms with Crippen LogP contribution in [0.15, 0.2) is 12.1 Å². The first kappa shape index (κ1) is 15.0. The highest BCUT2D eigenvalue weighted by Gasteiger charge is 2.36. The highest BCUT2D eigenvalue weighted by atomic mass is 32.1. The van der Waals surface area contributed by atoms with E-state index in [1.807, 2.05) is 26.1 Å². The summed E-state index contributed by atoms with van der Waals surface area (Å²) in [6, 6.07) is 3.53. The predicted molar refractivity (Wildman–Crippen MR) is 81.0 cm³/mol. The van der Waals surface area contributed by atoms with Gasteiger partial charge < -0.3 is 9.80 Å². The second-order valence-electron chi connectivity index (χ2n) is 5.33. The molecule has 5 heteroatoms. The van der Waals surface area contributed by atoms with Crippen molar-refractivity contribution in [2.45, 2.75) is 39.2 Å². The molecule has 2 heterocycles. The van der Waals surface area contributed by atoms with Crippen molar-refractivity contribution in [3.05, 3.63) is 21.9 Å². The molecule has 1 aromatic rings. The smallest absolute Gasteiger partial charge is 0.264 e. The average Bonchev–Trinajstić information content (AvgIpc) is 2.86. The van der Waals surface area contributed by atoms with Crippen molar-refractivity contribution in [2.75, 3.05) is 20.1 Å². The van der Waals surface area contributed by atoms with E-state index in [0.29, 0.717) is 13.1 Å². The molecular weight excluding hydrogens is 272 g/mol. The van der Waals surface area contributed by atoms with Gasteiger partial charge in [-0.2, -0.15) is 0 Å². The van der Waals surface area contributed by atoms with Crippen LogP contribution in [0.4, 0.5) is 0 Å². The number of thiophene rings is 1. The van der Waals surface area contributed by atoms with E-state index in [2.05, 4.69) is 6.92 Å². The summed E-state index contributed by atoms with van der Waals surface area (Å²) in [5.74, 6) is 0.0805. The van der Waals surface area contributed by atoms with Gasteiger partial charge in [0.05, 0.1) is 4.88 Å². The number of hydrogen-bond donors (Lipinski definition) is 0. The minimum absolute atomic E-state index is 0.00523. The van der Waals surface area contributed by atoms with Gasteiger partial charge in [-0.3, -0.25) is 9.59 Å². The number of carbonyl (C=O) groups is 2. The van der Waals surface area contributed by atoms with Gasteiger partial charge in [-0.25, -0.2) is 0 Å². The van der Waals surface area contributed by atoms with E-state index in [1.54, 1.807) is 9.80 Å². The third-order valence-corrected chi connectivity index (χ3v) is 4.75. The molecular formula is C15H22N2O2S. The van der Waals surface area contributed by atoms with Gasteiger partial charge in [0, 0.05) is 25.0 Å². The zero-order valence-electron chi connectivity index (χ0n) is 12.4. The van der Waals surface area contributed by atoms with E-state index in [0.717, 1.165) is 29.0 Å². The van der Waals surface area contributed by atoms with Crippen molar-refractivity contribution in [3.8, 4) is 0 Å². The normalized spacial score (nSPS) is 19.6. The molecule has 1 aliphatic heterocycles. The lowest BCUT2D eigenvalue weighted by atomic mass is 10.0. The molecule has 1 aliphatic rings. The summed E-state index contributed by atoms with van der Waals surface area (Å²) in [4.78, 5) is 30.3. The first-order chi connectivity index (χ1) is 9.54. The summed E-state index contributed by atoms with van der Waals surface area (Å²) in [7, 11) is 1.82. The third kappa shape index (κ3) is 3.03. The highest BCUT2D eigenvalue weighted by Crippen LogP contribution is 2.22. The zero-order chi connectivity index (χ0) is 14.7. The van der Waals surface area contributed by atoms with Gasteiger partial charge in [-0.15, -0.1) is 11.3 Å². The van der Waals surface area contributed by atoms with Gasteiger partial charge in [0.15, 0.2) is 0 Å². The average molecular weight is 294 g/mol. The number of piperazine rings is 1. The van der Waals surface area contributed by atoms with E-state index in [1.165, 1.54) is 11.3 Å². The molecule has 0 saturated carbocycles. The number of likely N-dealkylation sites (N-methyl/N-ethyl adjacent to an activating group) is 1. The fraction of sp³-hybridized carbons (Fsp3) is 0.600. The Balaban J connectivity index is 2.18. The molecule has 0 spiro atoms. The van der Waals surface area contributed by atoms with Crippen LogP contribution in [0, 0.1) is 6.92 Å². The molecule has 0 bridgehead atoms. The Bertz CT molecular complexity index is 498. The Morgan fingerprint density at radius 2 is 2.15 bits per heavy atom. The van der Waals surface area contributed by atoms with E-state index < -0.39 is 0 Å². The van der Waals surface area contributed by atoms with Gasteiger partial charge in [0.2, 0.25) is 5.91 Å². The van der Waals surface area contributed by atoms with Crippen molar-refractivity contribution >= 4 is 23.2 Å². The summed E-state index contributed by atoms with van der Waals surface area (Å²) in [6.07, 6.45) is 2.76. The predicted octanol–water partition coefficient (Wildman–Crippen LogP) is 2.53. The van der Waals surface area contributed by atoms with Crippen molar-refractivity contribution in [3.63, 3.8) is 0 Å². The highest BCUT2D eigenvalue weighted by molar-refractivity contribution is 7.13. The van der Waals surface area contributed by atoms with Crippen LogP contribution in [-0.4, -0.2) is 47.8 Å². The van der Waals surface area contributed by atoms with Crippen LogP contribution >= 0.6 is 11.3 Å². The molecule has 1 aromatic heterocycles. The maximum atomic E-state index is 12.6. The fourth-order valence-corrected chi connectivity index (χ4v) is 3.35. The quantitative estimate of drug-likeness (QED) is 0.856. The van der Waals surface area contributed by atoms with Crippen LogP contribution in [0.25, 0.3) is 0 Å². The number of aryl methyl sites for hydroxylation is 1. The maximum Gasteiger partial charge on any atom is 0.264 e. The number of amides is 2. The Hall–Kier alpha value is -1.36. The van der Waals surface area contributed by atoms with Gasteiger partial charge >= 0.3 is 0 Å². The topological polar surface area (TPSA) is 40.6 Å². The van der Waals surface area contributed by atoms with E-state index >= 15 is 0 Å². The summed E-state index contributed by atoms with van der Waals surface area (Å²) in [5, 5.41) is 0. The number of rotatable bonds is 4. The summed E-state index contributed by atoms with van der Waals surface area (Å²) in [6.45, 7) is 5.35. The third-order valence-electron chi connectivity index (χ3n) is 3.76. The van der Waals surface area contributed by atoms with Gasteiger partial charge in [-0.05, 0) is 25.5 Å². The molecule has 0 N–H and O–H groups in total. The number of carbonyl (C=O) groups excluding carboxylic acids is 2. The summed E-state index contributed by atoms with van der Waals surface area (Å²) < 4.78 is 0. The Labute approximate surface area is 124 Å². The van der Waals surface area contributed by atoms with E-state index in [4.69, 9.17) is 0 Å². The van der Waals surface area contributed by atoms with Crippen LogP contribution in [0.3, 0.4) is 0 Å². The number of hydrogen-bond acceptors (Lipinski definition) is 3. The molecule has 20 heavy (non-hydrogen) atoms. The number of nitrogens with zero attached hydrogens (tertiary/aromatic N) is 2. The first-order valence-electron chi connectivity index (χ1n) is 7.17. The molecule has 1 atom stereocenters. The Kier molecular flexibility index (Phi) is 4.81. The van der Waals surface area contributed by atoms with Crippen molar-refractivity contribution in [1.29, 1.82) is 0 Å². The second kappa shape index (κ2) is 6.39. The van der Waals surface area contributed by atoms with Crippen LogP contribution in [0.5, 0.6) is 0 Å². The van der Waals surface area contributed by atoms with Gasteiger partial charge in [-0.1, -0.05) is 19.8 Å². The monoisotopic (exact) mass is 294 g/mol. The molecule has 0 radical (unpaired) electrons. The Morgan fingerprint density at radius 1 is 1.40 bits per heavy atom. The van der Waals surface area contributed by atoms with Crippen LogP contribution in [0.1, 0.15) is 40.7 Å². The van der Waals surface area contributed by atoms with Crippen molar-refractivity contribution in [1.82, 2.24) is 9.80 Å². The standard InChI is InChI=1S/C15H22N2O2S/c1-4-5-6-12-14(18)16(3)9-10-17(12)15(19)13-8-7-11(2)20-13/h7-8,12H,4-6,9-10H2,1-3H3/t12-/m0/s1. The van der Waals surface area contributed by atoms with Crippen LogP contribution < -0.4 is 0 Å². The van der Waals surface area contributed by atoms with Crippen LogP contribution in [0.2, 0.25) is 0 Å². The maximum absolute atomic E-state index is 12.6. The lowest BCUT2D eigenvalue weighted by Crippen LogP contribution is -2.57. The van der Waals surface area contributed by atoms with E-state index in [-0.39, 0.29) is 17.9 Å². The molecule has 1 saturated heterocycles. The molecule has 4 nitrogen and oxygen atoms in total. The fourth-order valence-electron chi connectivity index (χ4n) is 2.52. The molecule has 0 aromatic carbocycles. The largest absolute Gasteiger partial charge is 0.342 e. The number of unbranched alkanes of at least 4 members (excludes halogenated alkanes) is 1. The Morgan fingerprint density at radius 3 is 2.75 bits per heavy atom. The minimum atomic E-state index is -0.288. The SMILES string of the molecule is CCCC[C@H]1C(=O)N(C)CCN1C(=O)c1ccc(C)s1.